The minimum absolute atomic E-state index is 0.335. The van der Waals surface area contributed by atoms with Crippen LogP contribution in [0.3, 0.4) is 0 Å². The number of halogens is 1. The number of urea groups is 1. The Kier molecular flexibility index (Phi) is 4.86. The normalized spacial score (nSPS) is 19.2. The van der Waals surface area contributed by atoms with Crippen LogP contribution in [0.15, 0.2) is 52.9 Å². The van der Waals surface area contributed by atoms with Gasteiger partial charge in [-0.1, -0.05) is 29.8 Å². The molecule has 3 amide bonds. The standard InChI is InChI=1S/C18H16ClN6O2S/c1-23-14-13(15(26)24(2)18(23)27)25(10-11-6-3-4-7-12(11)19)17(22-14)28-16-20-8-5-9-21-16/h3-9,13H,10H2,1-2H3/q+1. The predicted molar refractivity (Wildman–Crippen MR) is 105 cm³/mol. The molecule has 0 radical (unpaired) electrons. The van der Waals surface area contributed by atoms with Crippen molar-refractivity contribution in [3.63, 3.8) is 0 Å². The minimum atomic E-state index is -0.713. The Labute approximate surface area is 170 Å². The van der Waals surface area contributed by atoms with Gasteiger partial charge < -0.3 is 0 Å². The lowest BCUT2D eigenvalue weighted by Gasteiger charge is -2.30. The maximum absolute atomic E-state index is 12.9. The first-order chi connectivity index (χ1) is 13.5. The topological polar surface area (TPSA) is 81.8 Å². The fraction of sp³-hybridized carbons (Fsp3) is 0.222. The summed E-state index contributed by atoms with van der Waals surface area (Å²) >= 11 is 7.58. The van der Waals surface area contributed by atoms with E-state index < -0.39 is 12.1 Å². The summed E-state index contributed by atoms with van der Waals surface area (Å²) in [6.45, 7) is 0.355. The molecule has 0 aliphatic carbocycles. The third-order valence-electron chi connectivity index (χ3n) is 4.52. The highest BCUT2D eigenvalue weighted by Gasteiger charge is 2.53. The molecule has 0 bridgehead atoms. The fourth-order valence-electron chi connectivity index (χ4n) is 3.05. The van der Waals surface area contributed by atoms with E-state index in [2.05, 4.69) is 15.0 Å². The van der Waals surface area contributed by atoms with Gasteiger partial charge in [-0.2, -0.15) is 0 Å². The highest BCUT2D eigenvalue weighted by Crippen LogP contribution is 2.27. The molecule has 1 fully saturated rings. The highest BCUT2D eigenvalue weighted by molar-refractivity contribution is 8.13. The summed E-state index contributed by atoms with van der Waals surface area (Å²) < 4.78 is 1.83. The summed E-state index contributed by atoms with van der Waals surface area (Å²) in [4.78, 5) is 40.8. The zero-order valence-electron chi connectivity index (χ0n) is 15.1. The number of likely N-dealkylation sites (N-methyl/N-ethyl adjacent to an activating group) is 2. The predicted octanol–water partition coefficient (Wildman–Crippen LogP) is 2.10. The summed E-state index contributed by atoms with van der Waals surface area (Å²) in [5.74, 6) is 0.0528. The second kappa shape index (κ2) is 7.33. The zero-order valence-corrected chi connectivity index (χ0v) is 16.7. The van der Waals surface area contributed by atoms with Gasteiger partial charge in [0, 0.05) is 48.8 Å². The first-order valence-corrected chi connectivity index (χ1v) is 9.62. The number of rotatable bonds is 3. The number of imide groups is 1. The van der Waals surface area contributed by atoms with E-state index in [4.69, 9.17) is 11.6 Å². The van der Waals surface area contributed by atoms with Crippen LogP contribution in [0, 0.1) is 0 Å². The van der Waals surface area contributed by atoms with Gasteiger partial charge in [-0.05, 0) is 17.1 Å². The number of benzene rings is 1. The minimum Gasteiger partial charge on any atom is -0.269 e. The molecular formula is C18H16ClN6O2S+. The van der Waals surface area contributed by atoms with Crippen molar-refractivity contribution >= 4 is 46.3 Å². The molecule has 2 aliphatic rings. The Hall–Kier alpha value is -2.78. The molecule has 1 aromatic carbocycles. The number of carbonyl (C=O) groups excluding carboxylic acids is 2. The van der Waals surface area contributed by atoms with Crippen LogP contribution in [0.4, 0.5) is 4.79 Å². The summed E-state index contributed by atoms with van der Waals surface area (Å²) in [6, 6.07) is 8.02. The summed E-state index contributed by atoms with van der Waals surface area (Å²) in [7, 11) is 3.08. The average molecular weight is 416 g/mol. The Bertz CT molecular complexity index is 1030. The molecule has 2 aromatic rings. The van der Waals surface area contributed by atoms with E-state index in [1.54, 1.807) is 31.6 Å². The van der Waals surface area contributed by atoms with Crippen LogP contribution in [0.2, 0.25) is 5.02 Å². The molecule has 0 N–H and O–H groups in total. The molecule has 0 spiro atoms. The van der Waals surface area contributed by atoms with Gasteiger partial charge in [0.25, 0.3) is 17.8 Å². The van der Waals surface area contributed by atoms with Crippen LogP contribution in [0.5, 0.6) is 0 Å². The number of aromatic nitrogens is 2. The number of fused-ring (bicyclic) bond motifs is 1. The molecule has 1 saturated heterocycles. The van der Waals surface area contributed by atoms with Crippen molar-refractivity contribution in [2.45, 2.75) is 17.7 Å². The van der Waals surface area contributed by atoms with Gasteiger partial charge in [0.05, 0.1) is 0 Å². The SMILES string of the molecule is CN1C(=O)C2C(=NC(Sc3ncccn3)=[N+]2Cc2ccccc2Cl)N(C)C1=O. The van der Waals surface area contributed by atoms with Crippen LogP contribution >= 0.6 is 23.4 Å². The smallest absolute Gasteiger partial charge is 0.269 e. The summed E-state index contributed by atoms with van der Waals surface area (Å²) in [6.07, 6.45) is 3.27. The van der Waals surface area contributed by atoms with Crippen LogP contribution in [0.25, 0.3) is 0 Å². The second-order valence-electron chi connectivity index (χ2n) is 6.25. The Balaban J connectivity index is 1.79. The number of hydrogen-bond donors (Lipinski definition) is 0. The van der Waals surface area contributed by atoms with Crippen molar-refractivity contribution in [1.82, 2.24) is 19.8 Å². The third kappa shape index (κ3) is 3.16. The Morgan fingerprint density at radius 1 is 1.11 bits per heavy atom. The monoisotopic (exact) mass is 415 g/mol. The quantitative estimate of drug-likeness (QED) is 0.566. The molecule has 1 unspecified atom stereocenters. The van der Waals surface area contributed by atoms with E-state index in [0.29, 0.717) is 27.7 Å². The molecule has 1 aromatic heterocycles. The molecule has 142 valence electrons. The zero-order chi connectivity index (χ0) is 19.8. The second-order valence-corrected chi connectivity index (χ2v) is 7.59. The number of amides is 3. The molecule has 0 saturated carbocycles. The lowest BCUT2D eigenvalue weighted by Crippen LogP contribution is -2.61. The third-order valence-corrected chi connectivity index (χ3v) is 5.79. The molecular weight excluding hydrogens is 400 g/mol. The van der Waals surface area contributed by atoms with Crippen molar-refractivity contribution in [2.75, 3.05) is 14.1 Å². The number of nitrogens with zero attached hydrogens (tertiary/aromatic N) is 6. The van der Waals surface area contributed by atoms with E-state index >= 15 is 0 Å². The molecule has 3 heterocycles. The Morgan fingerprint density at radius 3 is 2.54 bits per heavy atom. The van der Waals surface area contributed by atoms with E-state index in [0.717, 1.165) is 10.5 Å². The lowest BCUT2D eigenvalue weighted by atomic mass is 10.1. The largest absolute Gasteiger partial charge is 0.366 e. The first kappa shape index (κ1) is 18.6. The van der Waals surface area contributed by atoms with Gasteiger partial charge in [0.15, 0.2) is 5.16 Å². The van der Waals surface area contributed by atoms with Crippen molar-refractivity contribution < 1.29 is 14.2 Å². The molecule has 1 atom stereocenters. The number of aliphatic imine (C=N–C) groups is 1. The van der Waals surface area contributed by atoms with Gasteiger partial charge >= 0.3 is 11.2 Å². The number of hydrogen-bond acceptors (Lipinski definition) is 6. The molecule has 4 rings (SSSR count). The Morgan fingerprint density at radius 2 is 1.82 bits per heavy atom. The number of thioether (sulfide) groups is 1. The van der Waals surface area contributed by atoms with E-state index in [9.17, 15) is 9.59 Å². The van der Waals surface area contributed by atoms with E-state index in [1.807, 2.05) is 22.8 Å². The summed E-state index contributed by atoms with van der Waals surface area (Å²) in [5.41, 5.74) is 0.850. The first-order valence-electron chi connectivity index (χ1n) is 8.43. The van der Waals surface area contributed by atoms with Crippen LogP contribution < -0.4 is 0 Å². The van der Waals surface area contributed by atoms with Gasteiger partial charge in [-0.25, -0.2) is 19.3 Å². The summed E-state index contributed by atoms with van der Waals surface area (Å²) in [5, 5.41) is 1.63. The van der Waals surface area contributed by atoms with Gasteiger partial charge in [-0.15, -0.1) is 0 Å². The van der Waals surface area contributed by atoms with Crippen LogP contribution in [0.1, 0.15) is 5.56 Å². The van der Waals surface area contributed by atoms with Crippen molar-refractivity contribution in [2.24, 2.45) is 4.99 Å². The molecule has 2 aliphatic heterocycles. The number of amidine groups is 2. The molecule has 10 heteroatoms. The van der Waals surface area contributed by atoms with Gasteiger partial charge in [0.2, 0.25) is 0 Å². The van der Waals surface area contributed by atoms with Gasteiger partial charge in [-0.3, -0.25) is 14.6 Å². The van der Waals surface area contributed by atoms with Crippen molar-refractivity contribution in [3.05, 3.63) is 53.3 Å². The van der Waals surface area contributed by atoms with Gasteiger partial charge in [0.1, 0.15) is 6.54 Å². The highest BCUT2D eigenvalue weighted by atomic mass is 35.5. The van der Waals surface area contributed by atoms with Crippen molar-refractivity contribution in [3.8, 4) is 0 Å². The molecule has 8 nitrogen and oxygen atoms in total. The number of carbonyl (C=O) groups is 2. The average Bonchev–Trinajstić information content (AvgIpc) is 3.05. The lowest BCUT2D eigenvalue weighted by molar-refractivity contribution is -0.548. The maximum Gasteiger partial charge on any atom is 0.366 e. The van der Waals surface area contributed by atoms with Crippen LogP contribution in [-0.4, -0.2) is 67.4 Å². The molecule has 28 heavy (non-hydrogen) atoms. The van der Waals surface area contributed by atoms with E-state index in [-0.39, 0.29) is 5.91 Å². The maximum atomic E-state index is 12.9. The fourth-order valence-corrected chi connectivity index (χ4v) is 4.06. The van der Waals surface area contributed by atoms with Crippen molar-refractivity contribution in [1.29, 1.82) is 0 Å². The van der Waals surface area contributed by atoms with E-state index in [1.165, 1.54) is 23.7 Å². The van der Waals surface area contributed by atoms with Crippen LogP contribution in [-0.2, 0) is 11.3 Å².